The molecule has 0 aliphatic rings. The van der Waals surface area contributed by atoms with Crippen molar-refractivity contribution in [2.75, 3.05) is 20.6 Å². The summed E-state index contributed by atoms with van der Waals surface area (Å²) in [7, 11) is 2.22. The normalized spacial score (nSPS) is 15.0. The van der Waals surface area contributed by atoms with E-state index in [1.807, 2.05) is 0 Å². The van der Waals surface area contributed by atoms with Gasteiger partial charge in [-0.2, -0.15) is 0 Å². The van der Waals surface area contributed by atoms with E-state index in [2.05, 4.69) is 42.9 Å². The highest BCUT2D eigenvalue weighted by atomic mass is 35.6. The van der Waals surface area contributed by atoms with Crippen LogP contribution in [0, 0.1) is 0 Å². The molecule has 0 heterocycles. The molecule has 5 heteroatoms. The van der Waals surface area contributed by atoms with Gasteiger partial charge in [-0.1, -0.05) is 20.0 Å². The molecule has 0 rings (SSSR count). The van der Waals surface area contributed by atoms with Crippen molar-refractivity contribution in [1.29, 1.82) is 0 Å². The summed E-state index contributed by atoms with van der Waals surface area (Å²) in [6.07, 6.45) is 0. The quantitative estimate of drug-likeness (QED) is 0.501. The fourth-order valence-electron chi connectivity index (χ4n) is 1.06. The maximum atomic E-state index is 6.30. The lowest BCUT2D eigenvalue weighted by molar-refractivity contribution is 0.563. The van der Waals surface area contributed by atoms with Crippen molar-refractivity contribution in [3.05, 3.63) is 0 Å². The molecular weight excluding hydrogens is 192 g/mol. The molecule has 2 nitrogen and oxygen atoms in total. The minimum absolute atomic E-state index is 0.678. The number of rotatable bonds is 4. The lowest BCUT2D eigenvalue weighted by Gasteiger charge is -2.31. The standard InChI is InChI=1S/C6H19ClN2Si2/c1-6-9(10(4)5)11(7)8(2)3/h10-11H,6H2,1-5H3. The molecule has 0 aliphatic heterocycles. The first-order valence-electron chi connectivity index (χ1n) is 4.07. The number of hydrogen-bond donors (Lipinski definition) is 0. The van der Waals surface area contributed by atoms with Crippen LogP contribution in [0.2, 0.25) is 13.1 Å². The predicted octanol–water partition coefficient (Wildman–Crippen LogP) is 0.809. The summed E-state index contributed by atoms with van der Waals surface area (Å²) in [5.74, 6) is 0. The zero-order chi connectivity index (χ0) is 9.02. The molecule has 0 aliphatic carbocycles. The summed E-state index contributed by atoms with van der Waals surface area (Å²) in [6, 6.07) is 0. The van der Waals surface area contributed by atoms with Crippen LogP contribution in [0.25, 0.3) is 0 Å². The Kier molecular flexibility index (Phi) is 5.63. The Morgan fingerprint density at radius 2 is 1.73 bits per heavy atom. The fourth-order valence-corrected chi connectivity index (χ4v) is 7.89. The summed E-state index contributed by atoms with van der Waals surface area (Å²) < 4.78 is 4.68. The van der Waals surface area contributed by atoms with Gasteiger partial charge in [-0.25, -0.2) is 0 Å². The number of hydrogen-bond acceptors (Lipinski definition) is 2. The van der Waals surface area contributed by atoms with Crippen molar-refractivity contribution in [2.45, 2.75) is 20.0 Å². The third-order valence-corrected chi connectivity index (χ3v) is 10.3. The molecule has 0 radical (unpaired) electrons. The molecule has 0 saturated carbocycles. The van der Waals surface area contributed by atoms with Crippen LogP contribution in [-0.2, 0) is 0 Å². The Morgan fingerprint density at radius 1 is 1.27 bits per heavy atom. The van der Waals surface area contributed by atoms with E-state index in [0.717, 1.165) is 6.54 Å². The Hall–Kier alpha value is 0.644. The topological polar surface area (TPSA) is 6.48 Å². The highest BCUT2D eigenvalue weighted by molar-refractivity contribution is 7.06. The maximum Gasteiger partial charge on any atom is 0.284 e. The van der Waals surface area contributed by atoms with Gasteiger partial charge in [0.1, 0.15) is 8.96 Å². The van der Waals surface area contributed by atoms with Crippen molar-refractivity contribution in [2.24, 2.45) is 0 Å². The molecule has 0 aromatic rings. The van der Waals surface area contributed by atoms with E-state index < -0.39 is 17.4 Å². The number of halogens is 1. The minimum Gasteiger partial charge on any atom is -0.327 e. The molecule has 0 bridgehead atoms. The van der Waals surface area contributed by atoms with Crippen LogP contribution in [0.5, 0.6) is 0 Å². The summed E-state index contributed by atoms with van der Waals surface area (Å²) in [5, 5.41) is 0. The lowest BCUT2D eigenvalue weighted by Crippen LogP contribution is -2.50. The van der Waals surface area contributed by atoms with Gasteiger partial charge in [0, 0.05) is 0 Å². The average Bonchev–Trinajstić information content (AvgIpc) is 1.88. The van der Waals surface area contributed by atoms with Gasteiger partial charge in [0.2, 0.25) is 0 Å². The minimum atomic E-state index is -1.25. The second-order valence-electron chi connectivity index (χ2n) is 3.20. The predicted molar refractivity (Wildman–Crippen MR) is 57.9 cm³/mol. The summed E-state index contributed by atoms with van der Waals surface area (Å²) in [4.78, 5) is 0. The maximum absolute atomic E-state index is 6.30. The molecule has 0 aromatic carbocycles. The third-order valence-electron chi connectivity index (χ3n) is 1.73. The van der Waals surface area contributed by atoms with Gasteiger partial charge in [-0.15, -0.1) is 11.1 Å². The zero-order valence-electron chi connectivity index (χ0n) is 8.13. The van der Waals surface area contributed by atoms with E-state index in [-0.39, 0.29) is 0 Å². The molecule has 1 atom stereocenters. The van der Waals surface area contributed by atoms with Crippen LogP contribution in [0.3, 0.4) is 0 Å². The second-order valence-corrected chi connectivity index (χ2v) is 10.1. The molecule has 0 saturated heterocycles. The van der Waals surface area contributed by atoms with Gasteiger partial charge in [0.25, 0.3) is 8.43 Å². The van der Waals surface area contributed by atoms with Crippen LogP contribution >= 0.6 is 11.1 Å². The third kappa shape index (κ3) is 3.71. The lowest BCUT2D eigenvalue weighted by atomic mass is 10.8. The first-order chi connectivity index (χ1) is 5.00. The van der Waals surface area contributed by atoms with E-state index in [0.29, 0.717) is 0 Å². The zero-order valence-corrected chi connectivity index (χ0v) is 11.2. The van der Waals surface area contributed by atoms with Crippen LogP contribution in [0.1, 0.15) is 6.92 Å². The molecule has 0 N–H and O–H groups in total. The number of nitrogens with zero attached hydrogens (tertiary/aromatic N) is 2. The van der Waals surface area contributed by atoms with Crippen molar-refractivity contribution >= 4 is 28.5 Å². The first-order valence-corrected chi connectivity index (χ1v) is 9.67. The summed E-state index contributed by atoms with van der Waals surface area (Å²) >= 11 is 6.30. The van der Waals surface area contributed by atoms with Gasteiger partial charge in [-0.3, -0.25) is 0 Å². The van der Waals surface area contributed by atoms with Gasteiger partial charge >= 0.3 is 0 Å². The average molecular weight is 211 g/mol. The van der Waals surface area contributed by atoms with E-state index in [4.69, 9.17) is 11.1 Å². The van der Waals surface area contributed by atoms with Gasteiger partial charge < -0.3 is 8.80 Å². The second kappa shape index (κ2) is 5.32. The van der Waals surface area contributed by atoms with Crippen molar-refractivity contribution in [3.8, 4) is 0 Å². The van der Waals surface area contributed by atoms with E-state index in [1.54, 1.807) is 0 Å². The molecule has 0 aromatic heterocycles. The monoisotopic (exact) mass is 210 g/mol. The highest BCUT2D eigenvalue weighted by Crippen LogP contribution is 2.04. The molecule has 0 spiro atoms. The van der Waals surface area contributed by atoms with Crippen molar-refractivity contribution in [1.82, 2.24) is 8.80 Å². The summed E-state index contributed by atoms with van der Waals surface area (Å²) in [5.41, 5.74) is 0. The first kappa shape index (κ1) is 11.6. The molecule has 0 amide bonds. The molecular formula is C6H19ClN2Si2. The van der Waals surface area contributed by atoms with Gasteiger partial charge in [-0.05, 0) is 20.6 Å². The fraction of sp³-hybridized carbons (Fsp3) is 1.00. The molecule has 11 heavy (non-hydrogen) atoms. The highest BCUT2D eigenvalue weighted by Gasteiger charge is 2.21. The Labute approximate surface area is 78.3 Å². The largest absolute Gasteiger partial charge is 0.327 e. The summed E-state index contributed by atoms with van der Waals surface area (Å²) in [6.45, 7) is 7.96. The molecule has 0 fully saturated rings. The Bertz CT molecular complexity index is 111. The van der Waals surface area contributed by atoms with Crippen LogP contribution in [-0.4, -0.2) is 46.8 Å². The van der Waals surface area contributed by atoms with E-state index >= 15 is 0 Å². The Morgan fingerprint density at radius 3 is 1.82 bits per heavy atom. The van der Waals surface area contributed by atoms with Crippen molar-refractivity contribution < 1.29 is 0 Å². The Balaban J connectivity index is 4.02. The molecule has 68 valence electrons. The van der Waals surface area contributed by atoms with Gasteiger partial charge in [0.15, 0.2) is 0 Å². The van der Waals surface area contributed by atoms with Crippen molar-refractivity contribution in [3.63, 3.8) is 0 Å². The van der Waals surface area contributed by atoms with E-state index in [1.165, 1.54) is 0 Å². The van der Waals surface area contributed by atoms with Crippen LogP contribution in [0.4, 0.5) is 0 Å². The molecule has 1 unspecified atom stereocenters. The van der Waals surface area contributed by atoms with E-state index in [9.17, 15) is 0 Å². The SMILES string of the molecule is CCN([SiH](C)C)[SiH](Cl)N(C)C. The van der Waals surface area contributed by atoms with Crippen LogP contribution in [0.15, 0.2) is 0 Å². The van der Waals surface area contributed by atoms with Crippen LogP contribution < -0.4 is 0 Å². The smallest absolute Gasteiger partial charge is 0.284 e. The van der Waals surface area contributed by atoms with Gasteiger partial charge in [0.05, 0.1) is 0 Å².